The number of carbonyl (C=O) groups excluding carboxylic acids is 2. The van der Waals surface area contributed by atoms with Crippen LogP contribution in [0.25, 0.3) is 5.57 Å². The fourth-order valence-corrected chi connectivity index (χ4v) is 14.7. The molecule has 2 unspecified atom stereocenters. The number of hydrogen-bond donors (Lipinski definition) is 2. The summed E-state index contributed by atoms with van der Waals surface area (Å²) >= 11 is 0. The van der Waals surface area contributed by atoms with Crippen molar-refractivity contribution in [1.29, 1.82) is 0 Å². The average molecular weight is 707 g/mol. The SMILES string of the molecule is CC1(C)C(c2ccc(C(=O)O)cc2)=CC[C@@]2(C)C1CC[C@]1(C)C2CC[C@@H]2[C@H]3CCC[C@]3(C(=O)C(=O)NCCN3CCS(=O)(=O)CC3)CC[C@]21C. The summed E-state index contributed by atoms with van der Waals surface area (Å²) in [5, 5.41) is 12.4. The van der Waals surface area contributed by atoms with E-state index < -0.39 is 27.1 Å². The van der Waals surface area contributed by atoms with Crippen molar-refractivity contribution in [2.24, 2.45) is 50.7 Å². The Kier molecular flexibility index (Phi) is 8.81. The fourth-order valence-electron chi connectivity index (χ4n) is 13.5. The third kappa shape index (κ3) is 5.37. The van der Waals surface area contributed by atoms with Gasteiger partial charge in [-0.15, -0.1) is 0 Å². The van der Waals surface area contributed by atoms with Gasteiger partial charge in [-0.05, 0) is 126 Å². The lowest BCUT2D eigenvalue weighted by atomic mass is 9.32. The van der Waals surface area contributed by atoms with E-state index in [-0.39, 0.29) is 44.9 Å². The highest BCUT2D eigenvalue weighted by molar-refractivity contribution is 7.91. The monoisotopic (exact) mass is 706 g/mol. The minimum Gasteiger partial charge on any atom is -0.478 e. The molecule has 0 bridgehead atoms. The smallest absolute Gasteiger partial charge is 0.335 e. The lowest BCUT2D eigenvalue weighted by molar-refractivity contribution is -0.221. The fraction of sp³-hybridized carbons (Fsp3) is 0.732. The van der Waals surface area contributed by atoms with Crippen LogP contribution in [0.5, 0.6) is 0 Å². The summed E-state index contributed by atoms with van der Waals surface area (Å²) in [6, 6.07) is 7.43. The number of fused-ring (bicyclic) bond motifs is 7. The number of amides is 1. The van der Waals surface area contributed by atoms with Crippen LogP contribution in [0, 0.1) is 50.7 Å². The Labute approximate surface area is 299 Å². The first-order valence-electron chi connectivity index (χ1n) is 19.3. The molecular weight excluding hydrogens is 649 g/mol. The highest BCUT2D eigenvalue weighted by atomic mass is 32.2. The maximum Gasteiger partial charge on any atom is 0.335 e. The van der Waals surface area contributed by atoms with Crippen LogP contribution in [0.15, 0.2) is 30.3 Å². The maximum absolute atomic E-state index is 14.2. The first-order valence-corrected chi connectivity index (χ1v) is 21.1. The van der Waals surface area contributed by atoms with Crippen LogP contribution in [0.2, 0.25) is 0 Å². The largest absolute Gasteiger partial charge is 0.478 e. The zero-order valence-corrected chi connectivity index (χ0v) is 31.7. The summed E-state index contributed by atoms with van der Waals surface area (Å²) < 4.78 is 23.6. The molecule has 0 spiro atoms. The van der Waals surface area contributed by atoms with Gasteiger partial charge in [0.2, 0.25) is 5.78 Å². The van der Waals surface area contributed by atoms with Crippen molar-refractivity contribution in [2.75, 3.05) is 37.7 Å². The number of benzene rings is 1. The highest BCUT2D eigenvalue weighted by Crippen LogP contribution is 2.77. The second-order valence-corrected chi connectivity index (χ2v) is 20.6. The predicted molar refractivity (Wildman–Crippen MR) is 195 cm³/mol. The van der Waals surface area contributed by atoms with Gasteiger partial charge in [0.15, 0.2) is 9.84 Å². The predicted octanol–water partition coefficient (Wildman–Crippen LogP) is 6.65. The van der Waals surface area contributed by atoms with E-state index in [2.05, 4.69) is 50.9 Å². The Morgan fingerprint density at radius 2 is 1.54 bits per heavy atom. The molecule has 274 valence electrons. The van der Waals surface area contributed by atoms with Crippen LogP contribution >= 0.6 is 0 Å². The molecular formula is C41H58N2O6S. The van der Waals surface area contributed by atoms with E-state index in [9.17, 15) is 27.9 Å². The van der Waals surface area contributed by atoms with Crippen LogP contribution in [0.4, 0.5) is 0 Å². The summed E-state index contributed by atoms with van der Waals surface area (Å²) in [5.74, 6) is 0.542. The van der Waals surface area contributed by atoms with E-state index in [0.717, 1.165) is 63.4 Å². The summed E-state index contributed by atoms with van der Waals surface area (Å²) in [4.78, 5) is 41.2. The van der Waals surface area contributed by atoms with Gasteiger partial charge in [-0.1, -0.05) is 59.2 Å². The van der Waals surface area contributed by atoms with Gasteiger partial charge in [0.25, 0.3) is 5.91 Å². The Balaban J connectivity index is 1.08. The lowest BCUT2D eigenvalue weighted by Crippen LogP contribution is -2.65. The minimum absolute atomic E-state index is 0.0462. The third-order valence-corrected chi connectivity index (χ3v) is 17.8. The van der Waals surface area contributed by atoms with Gasteiger partial charge in [0.1, 0.15) is 0 Å². The number of sulfone groups is 1. The average Bonchev–Trinajstić information content (AvgIpc) is 3.50. The highest BCUT2D eigenvalue weighted by Gasteiger charge is 2.70. The molecule has 1 saturated heterocycles. The molecule has 9 heteroatoms. The lowest BCUT2D eigenvalue weighted by Gasteiger charge is -2.72. The number of nitrogens with zero attached hydrogens (tertiary/aromatic N) is 1. The number of Topliss-reactive ketones (excluding diaryl/α,β-unsaturated/α-hetero) is 1. The molecule has 4 saturated carbocycles. The normalized spacial score (nSPS) is 40.3. The molecule has 0 aromatic heterocycles. The molecule has 0 radical (unpaired) electrons. The molecule has 1 aliphatic heterocycles. The molecule has 8 atom stereocenters. The minimum atomic E-state index is -2.95. The van der Waals surface area contributed by atoms with Crippen molar-refractivity contribution in [3.8, 4) is 0 Å². The van der Waals surface area contributed by atoms with Gasteiger partial charge in [0, 0.05) is 31.6 Å². The van der Waals surface area contributed by atoms with Crippen LogP contribution in [-0.2, 0) is 19.4 Å². The van der Waals surface area contributed by atoms with Crippen LogP contribution in [-0.4, -0.2) is 73.8 Å². The van der Waals surface area contributed by atoms with Gasteiger partial charge in [-0.3, -0.25) is 14.5 Å². The zero-order valence-electron chi connectivity index (χ0n) is 30.9. The molecule has 1 heterocycles. The van der Waals surface area contributed by atoms with E-state index in [1.54, 1.807) is 12.1 Å². The molecule has 50 heavy (non-hydrogen) atoms. The second kappa shape index (κ2) is 12.3. The summed E-state index contributed by atoms with van der Waals surface area (Å²) in [6.07, 6.45) is 12.7. The topological polar surface area (TPSA) is 121 Å². The molecule has 6 aliphatic rings. The van der Waals surface area contributed by atoms with Crippen LogP contribution in [0.1, 0.15) is 115 Å². The molecule has 1 amide bonds. The van der Waals surface area contributed by atoms with Crippen molar-refractivity contribution >= 4 is 33.1 Å². The van der Waals surface area contributed by atoms with Crippen molar-refractivity contribution < 1.29 is 27.9 Å². The van der Waals surface area contributed by atoms with Crippen molar-refractivity contribution in [3.05, 3.63) is 41.5 Å². The number of nitrogens with one attached hydrogen (secondary N) is 1. The summed E-state index contributed by atoms with van der Waals surface area (Å²) in [6.45, 7) is 14.4. The first kappa shape index (κ1) is 35.9. The van der Waals surface area contributed by atoms with E-state index in [1.807, 2.05) is 12.1 Å². The zero-order chi connectivity index (χ0) is 35.9. The number of aromatic carboxylic acids is 1. The van der Waals surface area contributed by atoms with Gasteiger partial charge < -0.3 is 10.4 Å². The molecule has 1 aromatic carbocycles. The number of carboxylic acid groups (broad SMARTS) is 1. The first-order chi connectivity index (χ1) is 23.5. The van der Waals surface area contributed by atoms with Crippen LogP contribution < -0.4 is 5.32 Å². The molecule has 1 aromatic rings. The molecule has 8 nitrogen and oxygen atoms in total. The molecule has 2 N–H and O–H groups in total. The molecule has 5 aliphatic carbocycles. The van der Waals surface area contributed by atoms with Gasteiger partial charge in [-0.2, -0.15) is 0 Å². The number of carbonyl (C=O) groups is 3. The van der Waals surface area contributed by atoms with E-state index in [0.29, 0.717) is 49.5 Å². The molecule has 7 rings (SSSR count). The van der Waals surface area contributed by atoms with Crippen molar-refractivity contribution in [1.82, 2.24) is 10.2 Å². The molecule has 5 fully saturated rings. The van der Waals surface area contributed by atoms with Gasteiger partial charge >= 0.3 is 5.97 Å². The standard InChI is InChI=1S/C41H58N2O6S/c1-37(2)29(27-8-10-28(11-9-27)36(46)47)14-17-38(3)32(37)15-18-40(5)33(38)13-12-30-31-7-6-16-41(31,20-19-39(30,40)4)34(44)35(45)42-21-22-43-23-25-50(48,49)26-24-43/h8-11,14,30-33H,6-7,12-13,15-26H2,1-5H3,(H,42,45)(H,46,47)/t30-,31-,32?,33?,38+,39-,40-,41+/m1/s1. The quantitative estimate of drug-likeness (QED) is 0.305. The van der Waals surface area contributed by atoms with E-state index in [1.165, 1.54) is 12.0 Å². The van der Waals surface area contributed by atoms with E-state index in [4.69, 9.17) is 0 Å². The van der Waals surface area contributed by atoms with Crippen LogP contribution in [0.3, 0.4) is 0 Å². The Morgan fingerprint density at radius 1 is 0.840 bits per heavy atom. The maximum atomic E-state index is 14.2. The number of carboxylic acids is 1. The third-order valence-electron chi connectivity index (χ3n) is 16.2. The van der Waals surface area contributed by atoms with Crippen molar-refractivity contribution in [2.45, 2.75) is 98.8 Å². The Hall–Kier alpha value is -2.52. The van der Waals surface area contributed by atoms with Gasteiger partial charge in [0.05, 0.1) is 17.1 Å². The number of ketones is 1. The second-order valence-electron chi connectivity index (χ2n) is 18.3. The van der Waals surface area contributed by atoms with Gasteiger partial charge in [-0.25, -0.2) is 13.2 Å². The van der Waals surface area contributed by atoms with E-state index >= 15 is 0 Å². The van der Waals surface area contributed by atoms with Crippen molar-refractivity contribution in [3.63, 3.8) is 0 Å². The number of rotatable bonds is 7. The Morgan fingerprint density at radius 3 is 2.22 bits per heavy atom. The number of allylic oxidation sites excluding steroid dienone is 2. The summed E-state index contributed by atoms with van der Waals surface area (Å²) in [5.41, 5.74) is 2.59. The Bertz CT molecular complexity index is 1690. The number of hydrogen-bond acceptors (Lipinski definition) is 6. The summed E-state index contributed by atoms with van der Waals surface area (Å²) in [7, 11) is -2.95.